The van der Waals surface area contributed by atoms with Crippen LogP contribution in [0.4, 0.5) is 0 Å². The summed E-state index contributed by atoms with van der Waals surface area (Å²) in [7, 11) is 0. The molecule has 0 heterocycles. The molecule has 80 valence electrons. The molecule has 0 atom stereocenters. The fourth-order valence-corrected chi connectivity index (χ4v) is 3.57. The van der Waals surface area contributed by atoms with Crippen molar-refractivity contribution in [3.63, 3.8) is 0 Å². The van der Waals surface area contributed by atoms with E-state index in [1.165, 1.54) is 0 Å². The maximum atomic E-state index is 9.42. The van der Waals surface area contributed by atoms with Crippen LogP contribution in [-0.2, 0) is 49.1 Å². The van der Waals surface area contributed by atoms with E-state index in [-0.39, 0.29) is 17.8 Å². The average Bonchev–Trinajstić information content (AvgIpc) is 1.14. The van der Waals surface area contributed by atoms with Crippen LogP contribution in [0, 0.1) is 0 Å². The first-order valence-electron chi connectivity index (χ1n) is 1.33. The van der Waals surface area contributed by atoms with Gasteiger partial charge in [0.05, 0.1) is 0 Å². The zero-order chi connectivity index (χ0) is 7.71. The molecular weight excluding hydrogens is 348 g/mol. The standard InChI is InChI=1S/2Mo.2H3N.H2O.7O/h;;2*1H3;1H2;;;;;;;/q;;;;;;;;;;2*-1/p+2. The van der Waals surface area contributed by atoms with Gasteiger partial charge in [0, 0.05) is 0 Å². The Bertz CT molecular complexity index is 240. The maximum absolute atomic E-state index is 9.42. The topological polar surface area (TPSA) is 228 Å². The summed E-state index contributed by atoms with van der Waals surface area (Å²) in [6.45, 7) is 0. The second-order valence-corrected chi connectivity index (χ2v) is 7.21. The van der Waals surface area contributed by atoms with E-state index in [0.29, 0.717) is 0 Å². The van der Waals surface area contributed by atoms with Crippen molar-refractivity contribution in [3.05, 3.63) is 0 Å². The number of rotatable bonds is 2. The molecule has 0 aromatic carbocycles. The predicted molar refractivity (Wildman–Crippen MR) is 19.4 cm³/mol. The molecule has 0 aliphatic carbocycles. The Labute approximate surface area is 74.4 Å². The molecule has 12 heteroatoms. The van der Waals surface area contributed by atoms with Crippen molar-refractivity contribution >= 4 is 0 Å². The molecule has 10 N–H and O–H groups in total. The summed E-state index contributed by atoms with van der Waals surface area (Å²) in [4.78, 5) is 0. The fraction of sp³-hybridized carbons (Fsp3) is 0. The Balaban J connectivity index is -0.000000107. The summed E-state index contributed by atoms with van der Waals surface area (Å²) in [6.07, 6.45) is 0. The van der Waals surface area contributed by atoms with Crippen molar-refractivity contribution in [1.82, 2.24) is 12.3 Å². The average molecular weight is 358 g/mol. The second-order valence-electron chi connectivity index (χ2n) is 0.885. The summed E-state index contributed by atoms with van der Waals surface area (Å²) < 4.78 is 59.2. The predicted octanol–water partition coefficient (Wildman–Crippen LogP) is -3.00. The van der Waals surface area contributed by atoms with Crippen LogP contribution in [0.5, 0.6) is 0 Å². The van der Waals surface area contributed by atoms with Crippen molar-refractivity contribution in [1.29, 1.82) is 0 Å². The Morgan fingerprint density at radius 2 is 1.00 bits per heavy atom. The first-order chi connectivity index (χ1) is 3.71. The minimum atomic E-state index is -6.37. The van der Waals surface area contributed by atoms with Gasteiger partial charge in [-0.2, -0.15) is 0 Å². The second kappa shape index (κ2) is 6.81. The number of hydrogen-bond acceptors (Lipinski definition) is 7. The van der Waals surface area contributed by atoms with Crippen LogP contribution in [0.1, 0.15) is 0 Å². The zero-order valence-corrected chi connectivity index (χ0v) is 10.2. The Kier molecular flexibility index (Phi) is 12.9. The summed E-state index contributed by atoms with van der Waals surface area (Å²) in [5, 5.41) is 0. The van der Waals surface area contributed by atoms with E-state index in [9.17, 15) is 21.1 Å². The molecule has 0 aromatic rings. The van der Waals surface area contributed by atoms with Gasteiger partial charge in [0.25, 0.3) is 0 Å². The third-order valence-electron chi connectivity index (χ3n) is 0.167. The normalized spacial score (nSPS) is 10.2. The van der Waals surface area contributed by atoms with E-state index in [1.807, 2.05) is 0 Å². The third-order valence-corrected chi connectivity index (χ3v) is 5.83. The molecule has 0 radical (unpaired) electrons. The van der Waals surface area contributed by atoms with Gasteiger partial charge < -0.3 is 17.8 Å². The van der Waals surface area contributed by atoms with Crippen LogP contribution in [0.2, 0.25) is 0 Å². The Morgan fingerprint density at radius 1 is 0.833 bits per heavy atom. The van der Waals surface area contributed by atoms with Gasteiger partial charge in [0.15, 0.2) is 0 Å². The fourth-order valence-electron chi connectivity index (χ4n) is 0.102. The molecule has 0 saturated heterocycles. The van der Waals surface area contributed by atoms with Crippen LogP contribution in [0.25, 0.3) is 0 Å². The van der Waals surface area contributed by atoms with Gasteiger partial charge in [0.1, 0.15) is 0 Å². The quantitative estimate of drug-likeness (QED) is 0.485. The molecular formula is H10Mo2N2O8. The van der Waals surface area contributed by atoms with Gasteiger partial charge in [-0.1, -0.05) is 0 Å². The van der Waals surface area contributed by atoms with Gasteiger partial charge in [0.2, 0.25) is 0 Å². The van der Waals surface area contributed by atoms with E-state index in [1.54, 1.807) is 0 Å². The van der Waals surface area contributed by atoms with Crippen molar-refractivity contribution in [2.75, 3.05) is 0 Å². The molecule has 0 spiro atoms. The zero-order valence-electron chi connectivity index (χ0n) is 6.17. The third kappa shape index (κ3) is 22.4. The molecule has 0 bridgehead atoms. The molecule has 0 rings (SSSR count). The minimum absolute atomic E-state index is 0. The van der Waals surface area contributed by atoms with Gasteiger partial charge in [-0.25, -0.2) is 0 Å². The molecule has 12 heavy (non-hydrogen) atoms. The van der Waals surface area contributed by atoms with Gasteiger partial charge in [-0.15, -0.1) is 0 Å². The van der Waals surface area contributed by atoms with Crippen LogP contribution in [0.15, 0.2) is 0 Å². The van der Waals surface area contributed by atoms with E-state index >= 15 is 0 Å². The van der Waals surface area contributed by atoms with E-state index in [4.69, 9.17) is 0 Å². The molecule has 0 aliphatic rings. The Hall–Kier alpha value is 0.337. The molecule has 10 nitrogen and oxygen atoms in total. The molecule has 0 fully saturated rings. The van der Waals surface area contributed by atoms with E-state index < -0.39 is 33.5 Å². The van der Waals surface area contributed by atoms with Crippen LogP contribution < -0.4 is 19.8 Å². The van der Waals surface area contributed by atoms with Gasteiger partial charge in [-0.05, 0) is 0 Å². The monoisotopic (exact) mass is 362 g/mol. The van der Waals surface area contributed by atoms with E-state index in [0.717, 1.165) is 0 Å². The summed E-state index contributed by atoms with van der Waals surface area (Å²) in [5.74, 6) is 0. The summed E-state index contributed by atoms with van der Waals surface area (Å²) >= 11 is -12.7. The summed E-state index contributed by atoms with van der Waals surface area (Å²) in [5.41, 5.74) is 0. The number of quaternary nitrogens is 2. The SMILES string of the molecule is O.[NH4+].[NH4+].[O]=[Mo](=[O])([O-])[O][Mo](=[O])(=[O])[O-]. The first kappa shape index (κ1) is 22.8. The first-order valence-corrected chi connectivity index (χ1v) is 7.89. The van der Waals surface area contributed by atoms with Crippen molar-refractivity contribution < 1.29 is 62.1 Å². The van der Waals surface area contributed by atoms with Crippen molar-refractivity contribution in [2.24, 2.45) is 0 Å². The molecule has 0 aliphatic heterocycles. The molecule has 0 unspecified atom stereocenters. The van der Waals surface area contributed by atoms with Crippen LogP contribution >= 0.6 is 0 Å². The molecule has 0 aromatic heterocycles. The van der Waals surface area contributed by atoms with Gasteiger partial charge >= 0.3 is 56.6 Å². The molecule has 0 amide bonds. The number of hydrogen-bond donors (Lipinski definition) is 2. The summed E-state index contributed by atoms with van der Waals surface area (Å²) in [6, 6.07) is 0. The van der Waals surface area contributed by atoms with E-state index in [2.05, 4.69) is 2.04 Å². The van der Waals surface area contributed by atoms with Crippen molar-refractivity contribution in [3.8, 4) is 0 Å². The molecule has 0 saturated carbocycles. The van der Waals surface area contributed by atoms with Crippen molar-refractivity contribution in [2.45, 2.75) is 0 Å². The van der Waals surface area contributed by atoms with Crippen LogP contribution in [0.3, 0.4) is 0 Å². The Morgan fingerprint density at radius 3 is 1.00 bits per heavy atom. The van der Waals surface area contributed by atoms with Gasteiger partial charge in [-0.3, -0.25) is 0 Å². The van der Waals surface area contributed by atoms with Crippen LogP contribution in [-0.4, -0.2) is 5.48 Å².